The lowest BCUT2D eigenvalue weighted by molar-refractivity contribution is 0.442. The second-order valence-electron chi connectivity index (χ2n) is 4.90. The van der Waals surface area contributed by atoms with Gasteiger partial charge < -0.3 is 5.43 Å². The van der Waals surface area contributed by atoms with Crippen LogP contribution in [0.25, 0.3) is 0 Å². The normalized spacial score (nSPS) is 17.8. The minimum Gasteiger partial charge on any atom is -0.308 e. The van der Waals surface area contributed by atoms with Crippen molar-refractivity contribution in [3.05, 3.63) is 33.8 Å². The third-order valence-electron chi connectivity index (χ3n) is 3.40. The van der Waals surface area contributed by atoms with E-state index in [1.54, 1.807) is 0 Å². The third-order valence-corrected chi connectivity index (χ3v) is 4.09. The Hall–Kier alpha value is -0.870. The topological polar surface area (TPSA) is 50.4 Å². The van der Waals surface area contributed by atoms with Gasteiger partial charge in [-0.25, -0.2) is 5.84 Å². The number of aryl methyl sites for hydroxylation is 1. The van der Waals surface area contributed by atoms with Gasteiger partial charge >= 0.3 is 0 Å². The van der Waals surface area contributed by atoms with Crippen molar-refractivity contribution in [1.29, 1.82) is 0 Å². The summed E-state index contributed by atoms with van der Waals surface area (Å²) in [6, 6.07) is 6.63. The average Bonchev–Trinajstić information content (AvgIpc) is 2.40. The highest BCUT2D eigenvalue weighted by Crippen LogP contribution is 2.23. The quantitative estimate of drug-likeness (QED) is 0.381. The maximum absolute atomic E-state index is 5.64. The fraction of sp³-hybridized carbons (Fsp3) is 0.500. The first kappa shape index (κ1) is 13.6. The molecule has 0 atom stereocenters. The second-order valence-corrected chi connectivity index (χ2v) is 5.75. The van der Waals surface area contributed by atoms with E-state index in [2.05, 4.69) is 40.4 Å². The Morgan fingerprint density at radius 1 is 1.33 bits per heavy atom. The van der Waals surface area contributed by atoms with Crippen LogP contribution in [0, 0.1) is 6.92 Å². The summed E-state index contributed by atoms with van der Waals surface area (Å²) >= 11 is 3.56. The van der Waals surface area contributed by atoms with Gasteiger partial charge in [0.25, 0.3) is 0 Å². The third kappa shape index (κ3) is 3.33. The molecule has 1 aromatic rings. The van der Waals surface area contributed by atoms with Crippen LogP contribution in [-0.2, 0) is 0 Å². The van der Waals surface area contributed by atoms with Crippen molar-refractivity contribution in [2.24, 2.45) is 10.8 Å². The van der Waals surface area contributed by atoms with E-state index < -0.39 is 0 Å². The largest absolute Gasteiger partial charge is 0.308 e. The van der Waals surface area contributed by atoms with E-state index in [4.69, 9.17) is 10.8 Å². The minimum atomic E-state index is 0.414. The van der Waals surface area contributed by atoms with E-state index in [-0.39, 0.29) is 0 Å². The summed E-state index contributed by atoms with van der Waals surface area (Å²) in [5.74, 6) is 6.43. The molecule has 3 N–H and O–H groups in total. The molecule has 18 heavy (non-hydrogen) atoms. The number of benzene rings is 1. The van der Waals surface area contributed by atoms with Gasteiger partial charge in [-0.2, -0.15) is 0 Å². The lowest BCUT2D eigenvalue weighted by Gasteiger charge is -2.19. The van der Waals surface area contributed by atoms with Crippen LogP contribution in [0.2, 0.25) is 0 Å². The van der Waals surface area contributed by atoms with Gasteiger partial charge in [-0.15, -0.1) is 0 Å². The van der Waals surface area contributed by atoms with Gasteiger partial charge in [0.15, 0.2) is 0 Å². The predicted octanol–water partition coefficient (Wildman–Crippen LogP) is 3.30. The van der Waals surface area contributed by atoms with Crippen LogP contribution in [0.1, 0.15) is 43.2 Å². The van der Waals surface area contributed by atoms with Gasteiger partial charge in [-0.3, -0.25) is 4.99 Å². The van der Waals surface area contributed by atoms with E-state index in [1.807, 2.05) is 6.07 Å². The molecule has 1 saturated carbocycles. The number of aliphatic imine (C=N–C) groups is 1. The lowest BCUT2D eigenvalue weighted by atomic mass is 9.96. The van der Waals surface area contributed by atoms with Gasteiger partial charge in [0.1, 0.15) is 5.84 Å². The minimum absolute atomic E-state index is 0.414. The number of nitrogens with two attached hydrogens (primary N) is 1. The molecule has 1 aromatic carbocycles. The molecule has 0 radical (unpaired) electrons. The molecule has 0 spiro atoms. The Bertz CT molecular complexity index is 437. The van der Waals surface area contributed by atoms with Crippen LogP contribution >= 0.6 is 15.9 Å². The van der Waals surface area contributed by atoms with Gasteiger partial charge in [-0.1, -0.05) is 46.8 Å². The number of rotatable bonds is 2. The highest BCUT2D eigenvalue weighted by atomic mass is 79.9. The summed E-state index contributed by atoms with van der Waals surface area (Å²) < 4.78 is 1.03. The summed E-state index contributed by atoms with van der Waals surface area (Å²) in [6.45, 7) is 2.07. The molecule has 0 aliphatic heterocycles. The Morgan fingerprint density at radius 3 is 2.72 bits per heavy atom. The van der Waals surface area contributed by atoms with Crippen LogP contribution in [0.5, 0.6) is 0 Å². The molecule has 0 bridgehead atoms. The van der Waals surface area contributed by atoms with Crippen LogP contribution < -0.4 is 11.3 Å². The predicted molar refractivity (Wildman–Crippen MR) is 79.6 cm³/mol. The van der Waals surface area contributed by atoms with E-state index in [9.17, 15) is 0 Å². The molecule has 0 amide bonds. The van der Waals surface area contributed by atoms with E-state index >= 15 is 0 Å². The molecule has 0 saturated heterocycles. The van der Waals surface area contributed by atoms with E-state index in [0.717, 1.165) is 15.9 Å². The molecule has 1 aliphatic carbocycles. The highest BCUT2D eigenvalue weighted by molar-refractivity contribution is 9.10. The fourth-order valence-electron chi connectivity index (χ4n) is 2.40. The van der Waals surface area contributed by atoms with Crippen molar-refractivity contribution in [3.63, 3.8) is 0 Å². The lowest BCUT2D eigenvalue weighted by Crippen LogP contribution is -2.33. The van der Waals surface area contributed by atoms with Gasteiger partial charge in [-0.05, 0) is 31.9 Å². The standard InChI is InChI=1S/C14H20BrN3/c1-10-7-8-13(15)12(9-10)14(18-16)17-11-5-3-2-4-6-11/h7-9,11H,2-6,16H2,1H3,(H,17,18). The zero-order valence-electron chi connectivity index (χ0n) is 10.7. The Morgan fingerprint density at radius 2 is 2.06 bits per heavy atom. The smallest absolute Gasteiger partial charge is 0.143 e. The van der Waals surface area contributed by atoms with Gasteiger partial charge in [0, 0.05) is 10.0 Å². The van der Waals surface area contributed by atoms with Crippen LogP contribution in [0.15, 0.2) is 27.7 Å². The van der Waals surface area contributed by atoms with Crippen molar-refractivity contribution in [3.8, 4) is 0 Å². The van der Waals surface area contributed by atoms with Gasteiger partial charge in [0.2, 0.25) is 0 Å². The summed E-state index contributed by atoms with van der Waals surface area (Å²) in [7, 11) is 0. The molecule has 0 heterocycles. The van der Waals surface area contributed by atoms with Crippen molar-refractivity contribution >= 4 is 21.8 Å². The maximum Gasteiger partial charge on any atom is 0.143 e. The highest BCUT2D eigenvalue weighted by Gasteiger charge is 2.14. The van der Waals surface area contributed by atoms with Gasteiger partial charge in [0.05, 0.1) is 6.04 Å². The molecule has 98 valence electrons. The summed E-state index contributed by atoms with van der Waals surface area (Å²) in [4.78, 5) is 4.78. The molecule has 4 heteroatoms. The van der Waals surface area contributed by atoms with E-state index in [1.165, 1.54) is 37.7 Å². The van der Waals surface area contributed by atoms with Crippen molar-refractivity contribution in [2.75, 3.05) is 0 Å². The zero-order valence-corrected chi connectivity index (χ0v) is 12.3. The summed E-state index contributed by atoms with van der Waals surface area (Å²) in [5.41, 5.74) is 5.01. The Labute approximate surface area is 117 Å². The number of nitrogens with one attached hydrogen (secondary N) is 1. The van der Waals surface area contributed by atoms with Crippen LogP contribution in [-0.4, -0.2) is 11.9 Å². The number of hydrogen-bond donors (Lipinski definition) is 2. The number of nitrogens with zero attached hydrogens (tertiary/aromatic N) is 1. The first-order chi connectivity index (χ1) is 8.70. The molecular weight excluding hydrogens is 290 g/mol. The van der Waals surface area contributed by atoms with E-state index in [0.29, 0.717) is 6.04 Å². The van der Waals surface area contributed by atoms with Crippen molar-refractivity contribution in [1.82, 2.24) is 5.43 Å². The SMILES string of the molecule is Cc1ccc(Br)c(C(=NC2CCCCC2)NN)c1. The molecule has 2 rings (SSSR count). The van der Waals surface area contributed by atoms with Crippen molar-refractivity contribution < 1.29 is 0 Å². The Balaban J connectivity index is 2.26. The average molecular weight is 310 g/mol. The summed E-state index contributed by atoms with van der Waals surface area (Å²) in [6.07, 6.45) is 6.25. The molecule has 3 nitrogen and oxygen atoms in total. The van der Waals surface area contributed by atoms with Crippen LogP contribution in [0.4, 0.5) is 0 Å². The number of hydrazine groups is 1. The first-order valence-corrected chi connectivity index (χ1v) is 7.31. The number of halogens is 1. The fourth-order valence-corrected chi connectivity index (χ4v) is 2.83. The molecular formula is C14H20BrN3. The van der Waals surface area contributed by atoms with Crippen molar-refractivity contribution in [2.45, 2.75) is 45.1 Å². The molecule has 1 aliphatic rings. The Kier molecular flexibility index (Phi) is 4.78. The number of hydrogen-bond acceptors (Lipinski definition) is 2. The summed E-state index contributed by atoms with van der Waals surface area (Å²) in [5, 5.41) is 0. The maximum atomic E-state index is 5.64. The first-order valence-electron chi connectivity index (χ1n) is 6.51. The number of amidine groups is 1. The van der Waals surface area contributed by atoms with Crippen LogP contribution in [0.3, 0.4) is 0 Å². The molecule has 0 aromatic heterocycles. The zero-order chi connectivity index (χ0) is 13.0. The monoisotopic (exact) mass is 309 g/mol. The molecule has 1 fully saturated rings. The molecule has 0 unspecified atom stereocenters. The second kappa shape index (κ2) is 6.34.